The zero-order chi connectivity index (χ0) is 6.85. The van der Waals surface area contributed by atoms with Crippen molar-refractivity contribution in [1.82, 2.24) is 10.2 Å². The van der Waals surface area contributed by atoms with Gasteiger partial charge in [-0.1, -0.05) is 5.10 Å². The minimum atomic E-state index is -2.75. The maximum Gasteiger partial charge on any atom is 0.314 e. The van der Waals surface area contributed by atoms with Gasteiger partial charge < -0.3 is 4.42 Å². The smallest absolute Gasteiger partial charge is 0.314 e. The molecule has 0 spiro atoms. The molecule has 3 nitrogen and oxygen atoms in total. The molecule has 1 aromatic heterocycles. The van der Waals surface area contributed by atoms with Crippen LogP contribution in [0.2, 0.25) is 5.35 Å². The highest BCUT2D eigenvalue weighted by Crippen LogP contribution is 2.17. The molecule has 50 valence electrons. The molecule has 0 aromatic carbocycles. The fraction of sp³-hybridized carbons (Fsp3) is 0.333. The van der Waals surface area contributed by atoms with Gasteiger partial charge in [0.25, 0.3) is 5.89 Å². The summed E-state index contributed by atoms with van der Waals surface area (Å²) in [7, 11) is 0. The summed E-state index contributed by atoms with van der Waals surface area (Å²) in [5, 5.41) is 5.55. The molecule has 0 aliphatic carbocycles. The lowest BCUT2D eigenvalue weighted by Gasteiger charge is -1.84. The Bertz CT molecular complexity index is 201. The van der Waals surface area contributed by atoms with Crippen molar-refractivity contribution >= 4 is 11.6 Å². The number of aromatic nitrogens is 2. The van der Waals surface area contributed by atoms with Gasteiger partial charge in [-0.25, -0.2) is 0 Å². The molecule has 1 rings (SSSR count). The van der Waals surface area contributed by atoms with Crippen LogP contribution in [0.1, 0.15) is 12.3 Å². The van der Waals surface area contributed by atoms with E-state index in [-0.39, 0.29) is 5.35 Å². The van der Waals surface area contributed by atoms with E-state index in [1.807, 2.05) is 0 Å². The van der Waals surface area contributed by atoms with Crippen LogP contribution in [0.25, 0.3) is 0 Å². The monoisotopic (exact) mass is 154 g/mol. The second-order valence-corrected chi connectivity index (χ2v) is 1.52. The highest BCUT2D eigenvalue weighted by Gasteiger charge is 2.14. The summed E-state index contributed by atoms with van der Waals surface area (Å²) < 4.78 is 27.2. The van der Waals surface area contributed by atoms with Crippen molar-refractivity contribution in [2.24, 2.45) is 0 Å². The fourth-order valence-corrected chi connectivity index (χ4v) is 0.421. The summed E-state index contributed by atoms with van der Waals surface area (Å²) in [5.74, 6) is -0.750. The van der Waals surface area contributed by atoms with Crippen molar-refractivity contribution in [2.45, 2.75) is 6.43 Å². The molecule has 6 heteroatoms. The van der Waals surface area contributed by atoms with Crippen LogP contribution < -0.4 is 0 Å². The highest BCUT2D eigenvalue weighted by molar-refractivity contribution is 6.27. The first kappa shape index (κ1) is 6.41. The summed E-state index contributed by atoms with van der Waals surface area (Å²) in [6.45, 7) is 0. The van der Waals surface area contributed by atoms with E-state index < -0.39 is 12.3 Å². The molecule has 9 heavy (non-hydrogen) atoms. The van der Waals surface area contributed by atoms with E-state index >= 15 is 0 Å². The lowest BCUT2D eigenvalue weighted by molar-refractivity contribution is 0.115. The van der Waals surface area contributed by atoms with Gasteiger partial charge in [-0.05, 0) is 11.6 Å². The Morgan fingerprint density at radius 1 is 1.44 bits per heavy atom. The molecule has 0 aliphatic rings. The Labute approximate surface area is 53.6 Å². The first-order valence-electron chi connectivity index (χ1n) is 1.97. The molecular formula is C3HClF2N2O. The molecule has 1 heterocycles. The predicted octanol–water partition coefficient (Wildman–Crippen LogP) is 1.66. The number of alkyl halides is 2. The van der Waals surface area contributed by atoms with E-state index in [4.69, 9.17) is 11.6 Å². The van der Waals surface area contributed by atoms with Crippen LogP contribution in [0, 0.1) is 0 Å². The number of hydrogen-bond donors (Lipinski definition) is 0. The number of nitrogens with zero attached hydrogens (tertiary/aromatic N) is 2. The molecule has 0 radical (unpaired) electrons. The molecule has 0 amide bonds. The topological polar surface area (TPSA) is 38.9 Å². The van der Waals surface area contributed by atoms with E-state index in [9.17, 15) is 8.78 Å². The molecule has 0 N–H and O–H groups in total. The third-order valence-electron chi connectivity index (χ3n) is 0.603. The molecule has 0 bridgehead atoms. The van der Waals surface area contributed by atoms with E-state index in [1.54, 1.807) is 0 Å². The minimum Gasteiger partial charge on any atom is -0.406 e. The summed E-state index contributed by atoms with van der Waals surface area (Å²) in [6, 6.07) is 0. The number of hydrogen-bond acceptors (Lipinski definition) is 3. The van der Waals surface area contributed by atoms with Gasteiger partial charge in [-0.15, -0.1) is 5.10 Å². The summed E-state index contributed by atoms with van der Waals surface area (Å²) in [4.78, 5) is 0. The van der Waals surface area contributed by atoms with Crippen LogP contribution in [0.4, 0.5) is 8.78 Å². The Balaban J connectivity index is 2.85. The quantitative estimate of drug-likeness (QED) is 0.618. The van der Waals surface area contributed by atoms with Gasteiger partial charge in [0.2, 0.25) is 0 Å². The van der Waals surface area contributed by atoms with Gasteiger partial charge in [0, 0.05) is 0 Å². The van der Waals surface area contributed by atoms with Crippen LogP contribution in [-0.4, -0.2) is 10.2 Å². The van der Waals surface area contributed by atoms with Gasteiger partial charge in [-0.2, -0.15) is 8.78 Å². The maximum absolute atomic E-state index is 11.5. The summed E-state index contributed by atoms with van der Waals surface area (Å²) in [5.41, 5.74) is 0. The van der Waals surface area contributed by atoms with Crippen molar-refractivity contribution in [3.05, 3.63) is 11.2 Å². The van der Waals surface area contributed by atoms with Crippen molar-refractivity contribution in [3.8, 4) is 0 Å². The van der Waals surface area contributed by atoms with Gasteiger partial charge in [0.05, 0.1) is 0 Å². The summed E-state index contributed by atoms with van der Waals surface area (Å²) in [6.07, 6.45) is -2.75. The van der Waals surface area contributed by atoms with E-state index in [2.05, 4.69) is 14.6 Å². The molecule has 1 aromatic rings. The Kier molecular flexibility index (Phi) is 1.61. The zero-order valence-electron chi connectivity index (χ0n) is 4.01. The minimum absolute atomic E-state index is 0.370. The normalized spacial score (nSPS) is 10.7. The molecule has 0 fully saturated rings. The lowest BCUT2D eigenvalue weighted by atomic mass is 10.7. The number of halogens is 3. The molecular weight excluding hydrogens is 153 g/mol. The van der Waals surface area contributed by atoms with Crippen LogP contribution in [0.5, 0.6) is 0 Å². The predicted molar refractivity (Wildman–Crippen MR) is 24.3 cm³/mol. The highest BCUT2D eigenvalue weighted by atomic mass is 35.5. The van der Waals surface area contributed by atoms with Crippen molar-refractivity contribution in [1.29, 1.82) is 0 Å². The van der Waals surface area contributed by atoms with Crippen molar-refractivity contribution in [2.75, 3.05) is 0 Å². The van der Waals surface area contributed by atoms with Crippen LogP contribution in [0.3, 0.4) is 0 Å². The Hall–Kier alpha value is -0.710. The zero-order valence-corrected chi connectivity index (χ0v) is 4.77. The van der Waals surface area contributed by atoms with Crippen LogP contribution in [0.15, 0.2) is 4.42 Å². The first-order chi connectivity index (χ1) is 4.20. The summed E-state index contributed by atoms with van der Waals surface area (Å²) >= 11 is 5.03. The first-order valence-corrected chi connectivity index (χ1v) is 2.35. The third-order valence-corrected chi connectivity index (χ3v) is 0.755. The van der Waals surface area contributed by atoms with Gasteiger partial charge in [-0.3, -0.25) is 0 Å². The Morgan fingerprint density at radius 2 is 2.11 bits per heavy atom. The second kappa shape index (κ2) is 2.26. The fourth-order valence-electron chi connectivity index (χ4n) is 0.304. The van der Waals surface area contributed by atoms with Crippen molar-refractivity contribution < 1.29 is 13.2 Å². The molecule has 0 atom stereocenters. The van der Waals surface area contributed by atoms with Crippen LogP contribution >= 0.6 is 11.6 Å². The molecule has 0 aliphatic heterocycles. The van der Waals surface area contributed by atoms with Gasteiger partial charge >= 0.3 is 11.8 Å². The average molecular weight is 155 g/mol. The van der Waals surface area contributed by atoms with Crippen LogP contribution in [-0.2, 0) is 0 Å². The molecule has 0 unspecified atom stereocenters. The second-order valence-electron chi connectivity index (χ2n) is 1.19. The SMILES string of the molecule is FC(F)c1nnc(Cl)o1. The largest absolute Gasteiger partial charge is 0.406 e. The maximum atomic E-state index is 11.5. The Morgan fingerprint density at radius 3 is 2.33 bits per heavy atom. The standard InChI is InChI=1S/C3HClF2N2O/c4-3-8-7-2(9-3)1(5)6/h1H. The number of rotatable bonds is 1. The third kappa shape index (κ3) is 1.35. The molecule has 0 saturated carbocycles. The van der Waals surface area contributed by atoms with E-state index in [1.165, 1.54) is 0 Å². The molecule has 0 saturated heterocycles. The van der Waals surface area contributed by atoms with E-state index in [0.717, 1.165) is 0 Å². The van der Waals surface area contributed by atoms with Gasteiger partial charge in [0.1, 0.15) is 0 Å². The van der Waals surface area contributed by atoms with Crippen molar-refractivity contribution in [3.63, 3.8) is 0 Å². The average Bonchev–Trinajstić information content (AvgIpc) is 2.14. The van der Waals surface area contributed by atoms with E-state index in [0.29, 0.717) is 0 Å². The lowest BCUT2D eigenvalue weighted by Crippen LogP contribution is -1.81. The van der Waals surface area contributed by atoms with Gasteiger partial charge in [0.15, 0.2) is 0 Å².